The molecule has 0 saturated carbocycles. The summed E-state index contributed by atoms with van der Waals surface area (Å²) in [6.45, 7) is 16.6. The fourth-order valence-corrected chi connectivity index (χ4v) is 11.9. The van der Waals surface area contributed by atoms with E-state index in [1.807, 2.05) is 178 Å². The van der Waals surface area contributed by atoms with E-state index in [-0.39, 0.29) is 52.9 Å². The molecule has 4 saturated heterocycles. The highest BCUT2D eigenvalue weighted by Crippen LogP contribution is 2.41. The van der Waals surface area contributed by atoms with Gasteiger partial charge in [0, 0.05) is 0 Å². The van der Waals surface area contributed by atoms with Crippen molar-refractivity contribution >= 4 is 49.0 Å². The fourth-order valence-electron chi connectivity index (χ4n) is 10.6. The fraction of sp³-hybridized carbons (Fsp3) is 0.484. The number of benzene rings is 5. The highest BCUT2D eigenvalue weighted by atomic mass is 35.6. The Morgan fingerprint density at radius 3 is 1.57 bits per heavy atom. The molecule has 454 valence electrons. The Hall–Kier alpha value is -4.16. The smallest absolute Gasteiger partial charge is 0.272 e. The standard InChI is InChI=1S/C64H78Cl3NO15Si/c1-8-34-71-60-58(81-59-50(68-62(69)64(65,66)67)54(83-84(5,6)7)53-49(78-59)41-76-63(3,4)82-53)56(51(42(2)77-60)72-36-44-26-16-10-17-27-44)80-61-57(75-39-47-32-22-13-23-33-47)55(74-38-46-30-20-12-21-31-46)52(73-37-45-28-18-11-19-29-45)48(79-61)40-70-35-43-24-14-9-15-25-43/h8-33,42,48-61H,1,34-41H2,2-7H3,(H,68,69)/t42-,48+,49+,50+,51-,52+,53+,54+,55-,56+,57+,58+,59-,60+,61+/m0/s1. The van der Waals surface area contributed by atoms with Gasteiger partial charge >= 0.3 is 0 Å². The zero-order valence-corrected chi connectivity index (χ0v) is 51.6. The van der Waals surface area contributed by atoms with Gasteiger partial charge < -0.3 is 71.3 Å². The van der Waals surface area contributed by atoms with Gasteiger partial charge in [-0.25, -0.2) is 0 Å². The summed E-state index contributed by atoms with van der Waals surface area (Å²) in [5.74, 6) is -2.01. The van der Waals surface area contributed by atoms with Crippen LogP contribution in [-0.2, 0) is 104 Å². The zero-order valence-electron chi connectivity index (χ0n) is 48.3. The number of nitrogens with one attached hydrogen (secondary N) is 1. The van der Waals surface area contributed by atoms with Gasteiger partial charge in [0.2, 0.25) is 0 Å². The van der Waals surface area contributed by atoms with Crippen LogP contribution in [0.15, 0.2) is 164 Å². The molecule has 0 radical (unpaired) electrons. The van der Waals surface area contributed by atoms with Crippen LogP contribution < -0.4 is 5.32 Å². The average Bonchev–Trinajstić information content (AvgIpc) is 1.11. The van der Waals surface area contributed by atoms with Gasteiger partial charge in [0.25, 0.3) is 9.70 Å². The summed E-state index contributed by atoms with van der Waals surface area (Å²) in [6.07, 6.45) is -12.4. The third-order valence-electron chi connectivity index (χ3n) is 14.5. The Morgan fingerprint density at radius 1 is 0.595 bits per heavy atom. The van der Waals surface area contributed by atoms with Crippen molar-refractivity contribution in [2.24, 2.45) is 0 Å². The number of halogens is 3. The second-order valence-corrected chi connectivity index (χ2v) is 29.4. The predicted molar refractivity (Wildman–Crippen MR) is 319 cm³/mol. The number of amides is 1. The molecule has 4 aliphatic rings. The molecule has 4 fully saturated rings. The molecule has 84 heavy (non-hydrogen) atoms. The molecule has 0 unspecified atom stereocenters. The minimum absolute atomic E-state index is 0.0285. The number of alkyl halides is 3. The maximum absolute atomic E-state index is 14.0. The summed E-state index contributed by atoms with van der Waals surface area (Å²) in [6, 6.07) is 48.1. The number of carbonyl (C=O) groups is 1. The molecular formula is C64H78Cl3NO15Si. The van der Waals surface area contributed by atoms with Gasteiger partial charge in [-0.15, -0.1) is 6.58 Å². The van der Waals surface area contributed by atoms with Crippen LogP contribution in [0.2, 0.25) is 19.6 Å². The van der Waals surface area contributed by atoms with Crippen molar-refractivity contribution < 1.29 is 70.8 Å². The van der Waals surface area contributed by atoms with Crippen molar-refractivity contribution in [2.75, 3.05) is 19.8 Å². The summed E-state index contributed by atoms with van der Waals surface area (Å²) in [7, 11) is -2.52. The molecule has 20 heteroatoms. The summed E-state index contributed by atoms with van der Waals surface area (Å²) >= 11 is 19.0. The van der Waals surface area contributed by atoms with E-state index < -0.39 is 116 Å². The van der Waals surface area contributed by atoms with Crippen molar-refractivity contribution in [3.8, 4) is 0 Å². The predicted octanol–water partition coefficient (Wildman–Crippen LogP) is 10.9. The molecule has 9 rings (SSSR count). The van der Waals surface area contributed by atoms with Crippen LogP contribution in [0.3, 0.4) is 0 Å². The maximum Gasteiger partial charge on any atom is 0.272 e. The van der Waals surface area contributed by atoms with Crippen molar-refractivity contribution in [1.82, 2.24) is 5.32 Å². The van der Waals surface area contributed by atoms with Crippen molar-refractivity contribution in [2.45, 2.75) is 175 Å². The normalized spacial score (nSPS) is 29.8. The van der Waals surface area contributed by atoms with Gasteiger partial charge in [-0.05, 0) is 68.2 Å². The van der Waals surface area contributed by atoms with Gasteiger partial charge in [0.1, 0.15) is 61.0 Å². The molecule has 16 nitrogen and oxygen atoms in total. The molecule has 0 bridgehead atoms. The third kappa shape index (κ3) is 18.0. The maximum atomic E-state index is 14.0. The van der Waals surface area contributed by atoms with E-state index in [0.29, 0.717) is 0 Å². The number of ether oxygens (including phenoxy) is 13. The van der Waals surface area contributed by atoms with Crippen LogP contribution in [0.25, 0.3) is 0 Å². The molecule has 1 N–H and O–H groups in total. The number of fused-ring (bicyclic) bond motifs is 1. The van der Waals surface area contributed by atoms with Gasteiger partial charge in [-0.2, -0.15) is 0 Å². The van der Waals surface area contributed by atoms with Crippen molar-refractivity contribution in [3.05, 3.63) is 192 Å². The largest absolute Gasteiger partial charge is 0.410 e. The van der Waals surface area contributed by atoms with Crippen molar-refractivity contribution in [3.63, 3.8) is 0 Å². The Labute approximate surface area is 509 Å². The number of hydrogen-bond acceptors (Lipinski definition) is 15. The van der Waals surface area contributed by atoms with Gasteiger partial charge in [0.05, 0.1) is 65.1 Å². The highest BCUT2D eigenvalue weighted by molar-refractivity contribution is 6.76. The molecule has 5 aromatic rings. The second-order valence-electron chi connectivity index (χ2n) is 22.6. The molecule has 0 spiro atoms. The summed E-state index contributed by atoms with van der Waals surface area (Å²) in [4.78, 5) is 14.0. The number of carbonyl (C=O) groups excluding carboxylic acids is 1. The minimum atomic E-state index is -2.52. The Balaban J connectivity index is 1.16. The topological polar surface area (TPSA) is 158 Å². The third-order valence-corrected chi connectivity index (χ3v) is 16.0. The lowest BCUT2D eigenvalue weighted by molar-refractivity contribution is -0.404. The first-order valence-corrected chi connectivity index (χ1v) is 33.1. The Bertz CT molecular complexity index is 2770. The van der Waals surface area contributed by atoms with Crippen LogP contribution >= 0.6 is 34.8 Å². The molecule has 4 heterocycles. The first-order valence-electron chi connectivity index (χ1n) is 28.5. The molecule has 0 aliphatic carbocycles. The molecule has 15 atom stereocenters. The van der Waals surface area contributed by atoms with E-state index in [0.717, 1.165) is 27.8 Å². The van der Waals surface area contributed by atoms with Gasteiger partial charge in [-0.3, -0.25) is 4.79 Å². The summed E-state index contributed by atoms with van der Waals surface area (Å²) in [5, 5.41) is 2.92. The molecule has 0 aromatic heterocycles. The summed E-state index contributed by atoms with van der Waals surface area (Å²) in [5.41, 5.74) is 4.60. The van der Waals surface area contributed by atoms with Crippen LogP contribution in [0.4, 0.5) is 0 Å². The van der Waals surface area contributed by atoms with E-state index in [4.69, 9.17) is 101 Å². The molecule has 5 aromatic carbocycles. The van der Waals surface area contributed by atoms with E-state index in [1.165, 1.54) is 0 Å². The van der Waals surface area contributed by atoms with Crippen LogP contribution in [0.1, 0.15) is 48.6 Å². The molecule has 4 aliphatic heterocycles. The van der Waals surface area contributed by atoms with Gasteiger partial charge in [-0.1, -0.05) is 193 Å². The Kier molecular flexibility index (Phi) is 23.1. The second kappa shape index (κ2) is 30.2. The first kappa shape index (κ1) is 64.3. The van der Waals surface area contributed by atoms with Crippen LogP contribution in [-0.4, -0.2) is 136 Å². The minimum Gasteiger partial charge on any atom is -0.410 e. The van der Waals surface area contributed by atoms with E-state index >= 15 is 0 Å². The first-order chi connectivity index (χ1) is 40.4. The number of hydrogen-bond donors (Lipinski definition) is 1. The lowest BCUT2D eigenvalue weighted by Crippen LogP contribution is -2.72. The monoisotopic (exact) mass is 1230 g/mol. The van der Waals surface area contributed by atoms with Crippen LogP contribution in [0, 0.1) is 0 Å². The van der Waals surface area contributed by atoms with Crippen LogP contribution in [0.5, 0.6) is 0 Å². The van der Waals surface area contributed by atoms with E-state index in [1.54, 1.807) is 19.9 Å². The molecular weight excluding hydrogens is 1160 g/mol. The SMILES string of the molecule is C=CCO[C@@H]1O[C@@H](C)[C@H](OCc2ccccc2)[C@@H](O[C@H]2O[C@H](COCc3ccccc3)[C@@H](OCc3ccccc3)[C@H](OCc3ccccc3)[C@H]2OCc2ccccc2)[C@H]1O[C@@H]1O[C@@H]2COC(C)(C)O[C@H]2[C@H](O[Si](C)(C)C)[C@H]1NC(=O)C(Cl)(Cl)Cl. The zero-order chi connectivity index (χ0) is 59.3. The average molecular weight is 1240 g/mol. The quantitative estimate of drug-likeness (QED) is 0.0316. The van der Waals surface area contributed by atoms with E-state index in [9.17, 15) is 4.79 Å². The van der Waals surface area contributed by atoms with Gasteiger partial charge in [0.15, 0.2) is 33.0 Å². The number of rotatable bonds is 26. The lowest BCUT2D eigenvalue weighted by atomic mass is 9.94. The van der Waals surface area contributed by atoms with E-state index in [2.05, 4.69) is 11.9 Å². The lowest BCUT2D eigenvalue weighted by Gasteiger charge is -2.54. The highest BCUT2D eigenvalue weighted by Gasteiger charge is 2.59. The molecule has 1 amide bonds. The summed E-state index contributed by atoms with van der Waals surface area (Å²) < 4.78 is 94.7. The van der Waals surface area contributed by atoms with Crippen molar-refractivity contribution in [1.29, 1.82) is 0 Å². The Morgan fingerprint density at radius 2 is 1.07 bits per heavy atom.